The van der Waals surface area contributed by atoms with Gasteiger partial charge in [0.05, 0.1) is 0 Å². The molecule has 2 aromatic carbocycles. The lowest BCUT2D eigenvalue weighted by Gasteiger charge is -2.12. The number of nitrogens with two attached hydrogens (primary N) is 1. The second kappa shape index (κ2) is 5.17. The number of benzene rings is 2. The van der Waals surface area contributed by atoms with E-state index in [1.807, 2.05) is 12.1 Å². The SMILES string of the molecule is CN(C)c1ccc2cc3ccc(N)cc3[n+](C)c2c1.[Cl-]. The Morgan fingerprint density at radius 3 is 2.15 bits per heavy atom. The Balaban J connectivity index is 0.00000147. The van der Waals surface area contributed by atoms with Crippen molar-refractivity contribution in [1.82, 2.24) is 0 Å². The number of hydrogen-bond donors (Lipinski definition) is 1. The number of aromatic nitrogens is 1. The number of pyridine rings is 1. The first-order chi connectivity index (χ1) is 9.06. The molecule has 0 fully saturated rings. The molecule has 0 aliphatic carbocycles. The van der Waals surface area contributed by atoms with Gasteiger partial charge in [-0.3, -0.25) is 0 Å². The van der Waals surface area contributed by atoms with Gasteiger partial charge >= 0.3 is 0 Å². The van der Waals surface area contributed by atoms with E-state index >= 15 is 0 Å². The van der Waals surface area contributed by atoms with Crippen LogP contribution in [0.25, 0.3) is 21.8 Å². The normalized spacial score (nSPS) is 10.6. The van der Waals surface area contributed by atoms with Gasteiger partial charge in [-0.1, -0.05) is 0 Å². The standard InChI is InChI=1S/C16H17N3.ClH/c1-18(2)14-7-5-12-8-11-4-6-13(17)9-15(11)19(3)16(12)10-14;/h4-10,17H,1-3H3;1H. The van der Waals surface area contributed by atoms with Gasteiger partial charge in [-0.15, -0.1) is 0 Å². The van der Waals surface area contributed by atoms with Crippen LogP contribution >= 0.6 is 0 Å². The Bertz CT molecular complexity index is 781. The van der Waals surface area contributed by atoms with Crippen molar-refractivity contribution in [1.29, 1.82) is 0 Å². The fourth-order valence-corrected chi connectivity index (χ4v) is 2.49. The molecule has 0 aliphatic heterocycles. The second-order valence-corrected chi connectivity index (χ2v) is 5.16. The number of nitrogens with zero attached hydrogens (tertiary/aromatic N) is 2. The van der Waals surface area contributed by atoms with Crippen molar-refractivity contribution >= 4 is 33.2 Å². The number of hydrogen-bond acceptors (Lipinski definition) is 2. The van der Waals surface area contributed by atoms with Gasteiger partial charge in [0.25, 0.3) is 0 Å². The van der Waals surface area contributed by atoms with Crippen LogP contribution in [0.15, 0.2) is 42.5 Å². The molecule has 0 aliphatic rings. The first kappa shape index (κ1) is 14.4. The lowest BCUT2D eigenvalue weighted by atomic mass is 10.1. The Hall–Kier alpha value is -2.00. The molecular weight excluding hydrogens is 270 g/mol. The van der Waals surface area contributed by atoms with E-state index in [0.717, 1.165) is 11.2 Å². The number of aryl methyl sites for hydroxylation is 1. The number of nitrogen functional groups attached to an aromatic ring is 1. The summed E-state index contributed by atoms with van der Waals surface area (Å²) < 4.78 is 2.20. The van der Waals surface area contributed by atoms with E-state index in [-0.39, 0.29) is 12.4 Å². The Morgan fingerprint density at radius 1 is 0.900 bits per heavy atom. The van der Waals surface area contributed by atoms with Crippen molar-refractivity contribution in [3.63, 3.8) is 0 Å². The highest BCUT2D eigenvalue weighted by Crippen LogP contribution is 2.23. The summed E-state index contributed by atoms with van der Waals surface area (Å²) >= 11 is 0. The average Bonchev–Trinajstić information content (AvgIpc) is 2.39. The van der Waals surface area contributed by atoms with Crippen molar-refractivity contribution in [2.75, 3.05) is 24.7 Å². The molecule has 0 spiro atoms. The molecule has 3 nitrogen and oxygen atoms in total. The minimum absolute atomic E-state index is 0. The Labute approximate surface area is 125 Å². The third kappa shape index (κ3) is 2.25. The van der Waals surface area contributed by atoms with Crippen LogP contribution in [0.5, 0.6) is 0 Å². The number of anilines is 2. The fraction of sp³-hybridized carbons (Fsp3) is 0.188. The first-order valence-electron chi connectivity index (χ1n) is 6.35. The summed E-state index contributed by atoms with van der Waals surface area (Å²) in [4.78, 5) is 2.11. The molecule has 104 valence electrons. The van der Waals surface area contributed by atoms with E-state index in [2.05, 4.69) is 60.9 Å². The van der Waals surface area contributed by atoms with Gasteiger partial charge < -0.3 is 23.0 Å². The highest BCUT2D eigenvalue weighted by Gasteiger charge is 2.12. The maximum Gasteiger partial charge on any atom is 0.214 e. The summed E-state index contributed by atoms with van der Waals surface area (Å²) in [5.41, 5.74) is 10.3. The molecule has 0 atom stereocenters. The van der Waals surface area contributed by atoms with Crippen molar-refractivity contribution in [2.24, 2.45) is 7.05 Å². The minimum Gasteiger partial charge on any atom is -1.00 e. The largest absolute Gasteiger partial charge is 1.00 e. The molecule has 2 N–H and O–H groups in total. The van der Waals surface area contributed by atoms with E-state index in [1.54, 1.807) is 0 Å². The van der Waals surface area contributed by atoms with Gasteiger partial charge in [0.15, 0.2) is 0 Å². The predicted octanol–water partition coefficient (Wildman–Crippen LogP) is -0.530. The van der Waals surface area contributed by atoms with Gasteiger partial charge in [-0.2, -0.15) is 4.57 Å². The molecule has 0 unspecified atom stereocenters. The average molecular weight is 288 g/mol. The minimum atomic E-state index is 0. The van der Waals surface area contributed by atoms with E-state index in [4.69, 9.17) is 5.73 Å². The molecule has 0 bridgehead atoms. The molecular formula is C16H18ClN3. The molecule has 4 heteroatoms. The van der Waals surface area contributed by atoms with Crippen molar-refractivity contribution in [3.05, 3.63) is 42.5 Å². The quantitative estimate of drug-likeness (QED) is 0.371. The maximum atomic E-state index is 5.89. The molecule has 1 aromatic heterocycles. The van der Waals surface area contributed by atoms with Gasteiger partial charge in [0.2, 0.25) is 11.0 Å². The van der Waals surface area contributed by atoms with E-state index in [1.165, 1.54) is 22.0 Å². The number of fused-ring (bicyclic) bond motifs is 2. The Morgan fingerprint density at radius 2 is 1.50 bits per heavy atom. The topological polar surface area (TPSA) is 33.1 Å². The van der Waals surface area contributed by atoms with Gasteiger partial charge in [-0.05, 0) is 30.3 Å². The molecule has 3 rings (SSSR count). The lowest BCUT2D eigenvalue weighted by Crippen LogP contribution is -3.00. The third-order valence-corrected chi connectivity index (χ3v) is 3.62. The summed E-state index contributed by atoms with van der Waals surface area (Å²) in [7, 11) is 6.20. The summed E-state index contributed by atoms with van der Waals surface area (Å²) in [5, 5.41) is 2.45. The summed E-state index contributed by atoms with van der Waals surface area (Å²) in [6.45, 7) is 0. The molecule has 3 aromatic rings. The molecule has 1 heterocycles. The number of halogens is 1. The van der Waals surface area contributed by atoms with Crippen LogP contribution in [0.1, 0.15) is 0 Å². The van der Waals surface area contributed by atoms with E-state index in [9.17, 15) is 0 Å². The smallest absolute Gasteiger partial charge is 0.214 e. The van der Waals surface area contributed by atoms with Crippen LogP contribution in [-0.2, 0) is 7.05 Å². The zero-order valence-corrected chi connectivity index (χ0v) is 12.6. The zero-order chi connectivity index (χ0) is 13.6. The van der Waals surface area contributed by atoms with Crippen LogP contribution in [0.4, 0.5) is 11.4 Å². The van der Waals surface area contributed by atoms with Crippen LogP contribution in [0.3, 0.4) is 0 Å². The highest BCUT2D eigenvalue weighted by atomic mass is 35.5. The molecule has 0 saturated heterocycles. The maximum absolute atomic E-state index is 5.89. The van der Waals surface area contributed by atoms with Crippen LogP contribution < -0.4 is 27.6 Å². The summed E-state index contributed by atoms with van der Waals surface area (Å²) in [6, 6.07) is 14.8. The molecule has 0 saturated carbocycles. The van der Waals surface area contributed by atoms with Crippen LogP contribution in [0, 0.1) is 0 Å². The van der Waals surface area contributed by atoms with Gasteiger partial charge in [-0.25, -0.2) is 0 Å². The fourth-order valence-electron chi connectivity index (χ4n) is 2.49. The zero-order valence-electron chi connectivity index (χ0n) is 11.9. The highest BCUT2D eigenvalue weighted by molar-refractivity contribution is 5.91. The van der Waals surface area contributed by atoms with E-state index < -0.39 is 0 Å². The first-order valence-corrected chi connectivity index (χ1v) is 6.35. The molecule has 0 radical (unpaired) electrons. The lowest BCUT2D eigenvalue weighted by molar-refractivity contribution is -0.617. The summed E-state index contributed by atoms with van der Waals surface area (Å²) in [6.07, 6.45) is 0. The van der Waals surface area contributed by atoms with Crippen LogP contribution in [-0.4, -0.2) is 14.1 Å². The van der Waals surface area contributed by atoms with Crippen molar-refractivity contribution in [2.45, 2.75) is 0 Å². The monoisotopic (exact) mass is 287 g/mol. The van der Waals surface area contributed by atoms with Crippen molar-refractivity contribution < 1.29 is 17.0 Å². The predicted molar refractivity (Wildman–Crippen MR) is 81.4 cm³/mol. The molecule has 20 heavy (non-hydrogen) atoms. The number of rotatable bonds is 1. The van der Waals surface area contributed by atoms with Gasteiger partial charge in [0.1, 0.15) is 7.05 Å². The van der Waals surface area contributed by atoms with Crippen LogP contribution in [0.2, 0.25) is 0 Å². The van der Waals surface area contributed by atoms with Gasteiger partial charge in [0, 0.05) is 48.4 Å². The Kier molecular flexibility index (Phi) is 3.73. The summed E-state index contributed by atoms with van der Waals surface area (Å²) in [5.74, 6) is 0. The molecule has 0 amide bonds. The van der Waals surface area contributed by atoms with E-state index in [0.29, 0.717) is 0 Å². The van der Waals surface area contributed by atoms with Crippen molar-refractivity contribution in [3.8, 4) is 0 Å². The third-order valence-electron chi connectivity index (χ3n) is 3.62. The second-order valence-electron chi connectivity index (χ2n) is 5.16.